The van der Waals surface area contributed by atoms with Crippen LogP contribution < -0.4 is 0 Å². The lowest BCUT2D eigenvalue weighted by Gasteiger charge is -2.09. The number of unbranched alkanes of at least 4 members (excludes halogenated alkanes) is 1. The van der Waals surface area contributed by atoms with Gasteiger partial charge in [-0.05, 0) is 6.42 Å². The van der Waals surface area contributed by atoms with E-state index in [4.69, 9.17) is 14.7 Å². The molecule has 1 aliphatic rings. The van der Waals surface area contributed by atoms with Gasteiger partial charge in [0.15, 0.2) is 0 Å². The molecule has 1 saturated heterocycles. The zero-order chi connectivity index (χ0) is 8.36. The lowest BCUT2D eigenvalue weighted by molar-refractivity contribution is -0.0334. The molecular weight excluding hydrogens is 142 g/mol. The summed E-state index contributed by atoms with van der Waals surface area (Å²) in [5.41, 5.74) is 0. The number of hydrogen-bond donors (Lipinski definition) is 0. The molecule has 3 nitrogen and oxygen atoms in total. The van der Waals surface area contributed by atoms with Crippen LogP contribution in [0.3, 0.4) is 0 Å². The molecule has 1 fully saturated rings. The van der Waals surface area contributed by atoms with Gasteiger partial charge in [-0.3, -0.25) is 0 Å². The van der Waals surface area contributed by atoms with Crippen molar-refractivity contribution < 1.29 is 9.47 Å². The molecule has 64 valence electrons. The van der Waals surface area contributed by atoms with Crippen molar-refractivity contribution in [2.24, 2.45) is 0 Å². The van der Waals surface area contributed by atoms with Crippen molar-refractivity contribution in [3.8, 4) is 6.07 Å². The van der Waals surface area contributed by atoms with Gasteiger partial charge in [0.05, 0.1) is 32.5 Å². The fourth-order valence-electron chi connectivity index (χ4n) is 0.552. The monoisotopic (exact) mass is 157 g/mol. The van der Waals surface area contributed by atoms with E-state index in [0.717, 1.165) is 32.8 Å². The summed E-state index contributed by atoms with van der Waals surface area (Å²) >= 11 is 0. The molecule has 3 heteroatoms. The molecule has 1 rings (SSSR count). The van der Waals surface area contributed by atoms with Crippen LogP contribution in [-0.4, -0.2) is 26.4 Å². The molecule has 0 aromatic heterocycles. The van der Waals surface area contributed by atoms with E-state index < -0.39 is 0 Å². The Balaban J connectivity index is 0.000000187. The Hall–Kier alpha value is -0.590. The summed E-state index contributed by atoms with van der Waals surface area (Å²) in [5, 5.41) is 7.82. The van der Waals surface area contributed by atoms with Crippen LogP contribution in [0.15, 0.2) is 0 Å². The van der Waals surface area contributed by atoms with Gasteiger partial charge in [0.25, 0.3) is 0 Å². The number of hydrogen-bond acceptors (Lipinski definition) is 3. The molecule has 0 aliphatic carbocycles. The molecule has 0 unspecified atom stereocenters. The van der Waals surface area contributed by atoms with E-state index in [1.165, 1.54) is 0 Å². The topological polar surface area (TPSA) is 42.2 Å². The Morgan fingerprint density at radius 2 is 1.64 bits per heavy atom. The largest absolute Gasteiger partial charge is 0.377 e. The van der Waals surface area contributed by atoms with Crippen LogP contribution >= 0.6 is 0 Å². The number of rotatable bonds is 1. The standard InChI is InChI=1S/C4H7N.C4H8O2/c1-2-3-4-5;1-2-6-4-3-5-1/h2-3H2,1H3;1-4H2. The minimum absolute atomic E-state index is 0.694. The van der Waals surface area contributed by atoms with Gasteiger partial charge >= 0.3 is 0 Å². The van der Waals surface area contributed by atoms with Gasteiger partial charge in [-0.25, -0.2) is 0 Å². The highest BCUT2D eigenvalue weighted by Gasteiger charge is 1.94. The van der Waals surface area contributed by atoms with Crippen molar-refractivity contribution in [1.82, 2.24) is 0 Å². The number of nitrogens with zero attached hydrogens (tertiary/aromatic N) is 1. The molecule has 0 amide bonds. The molecular formula is C8H15NO2. The van der Waals surface area contributed by atoms with Gasteiger partial charge in [0.2, 0.25) is 0 Å². The van der Waals surface area contributed by atoms with Crippen molar-refractivity contribution in [3.05, 3.63) is 0 Å². The van der Waals surface area contributed by atoms with Gasteiger partial charge in [-0.2, -0.15) is 5.26 Å². The molecule has 0 aromatic carbocycles. The third-order valence-corrected chi connectivity index (χ3v) is 1.11. The highest BCUT2D eigenvalue weighted by molar-refractivity contribution is 4.65. The summed E-state index contributed by atoms with van der Waals surface area (Å²) in [6.07, 6.45) is 1.68. The molecule has 11 heavy (non-hydrogen) atoms. The molecule has 1 heterocycles. The molecule has 0 atom stereocenters. The van der Waals surface area contributed by atoms with E-state index in [9.17, 15) is 0 Å². The van der Waals surface area contributed by atoms with E-state index in [1.807, 2.05) is 13.0 Å². The maximum absolute atomic E-state index is 7.82. The van der Waals surface area contributed by atoms with Crippen LogP contribution in [0.2, 0.25) is 0 Å². The zero-order valence-electron chi connectivity index (χ0n) is 7.01. The molecule has 0 saturated carbocycles. The SMILES string of the molecule is C1COCCO1.CCCC#N. The fourth-order valence-corrected chi connectivity index (χ4v) is 0.552. The summed E-state index contributed by atoms with van der Waals surface area (Å²) in [6.45, 7) is 5.10. The van der Waals surface area contributed by atoms with Gasteiger partial charge in [0.1, 0.15) is 0 Å². The second kappa shape index (κ2) is 9.41. The van der Waals surface area contributed by atoms with Crippen molar-refractivity contribution in [1.29, 1.82) is 5.26 Å². The van der Waals surface area contributed by atoms with Crippen molar-refractivity contribution >= 4 is 0 Å². The van der Waals surface area contributed by atoms with Crippen molar-refractivity contribution in [2.45, 2.75) is 19.8 Å². The molecule has 0 aromatic rings. The minimum Gasteiger partial charge on any atom is -0.377 e. The first-order chi connectivity index (χ1) is 5.41. The first-order valence-corrected chi connectivity index (χ1v) is 3.94. The Morgan fingerprint density at radius 1 is 1.18 bits per heavy atom. The summed E-state index contributed by atoms with van der Waals surface area (Å²) in [6, 6.07) is 2.02. The average molecular weight is 157 g/mol. The second-order valence-corrected chi connectivity index (χ2v) is 2.13. The van der Waals surface area contributed by atoms with E-state index in [0.29, 0.717) is 6.42 Å². The Labute approximate surface area is 67.9 Å². The average Bonchev–Trinajstić information content (AvgIpc) is 2.10. The molecule has 0 N–H and O–H groups in total. The molecule has 0 spiro atoms. The quantitative estimate of drug-likeness (QED) is 0.577. The Bertz CT molecular complexity index is 93.6. The van der Waals surface area contributed by atoms with Crippen LogP contribution in [0.5, 0.6) is 0 Å². The van der Waals surface area contributed by atoms with E-state index in [2.05, 4.69) is 0 Å². The highest BCUT2D eigenvalue weighted by Crippen LogP contribution is 1.85. The van der Waals surface area contributed by atoms with Gasteiger partial charge in [-0.15, -0.1) is 0 Å². The van der Waals surface area contributed by atoms with E-state index >= 15 is 0 Å². The van der Waals surface area contributed by atoms with Crippen LogP contribution in [0, 0.1) is 11.3 Å². The number of ether oxygens (including phenoxy) is 2. The Morgan fingerprint density at radius 3 is 1.73 bits per heavy atom. The fraction of sp³-hybridized carbons (Fsp3) is 0.875. The predicted molar refractivity (Wildman–Crippen MR) is 42.2 cm³/mol. The Kier molecular flexibility index (Phi) is 8.91. The smallest absolute Gasteiger partial charge is 0.0701 e. The maximum Gasteiger partial charge on any atom is 0.0701 e. The lowest BCUT2D eigenvalue weighted by Crippen LogP contribution is -2.16. The van der Waals surface area contributed by atoms with Crippen molar-refractivity contribution in [3.63, 3.8) is 0 Å². The predicted octanol–water partition coefficient (Wildman–Crippen LogP) is 1.34. The van der Waals surface area contributed by atoms with Gasteiger partial charge < -0.3 is 9.47 Å². The molecule has 0 radical (unpaired) electrons. The van der Waals surface area contributed by atoms with Gasteiger partial charge in [0, 0.05) is 6.42 Å². The first-order valence-electron chi connectivity index (χ1n) is 3.94. The highest BCUT2D eigenvalue weighted by atomic mass is 16.6. The number of nitriles is 1. The summed E-state index contributed by atoms with van der Waals surface area (Å²) in [4.78, 5) is 0. The lowest BCUT2D eigenvalue weighted by atomic mass is 10.4. The van der Waals surface area contributed by atoms with Crippen molar-refractivity contribution in [2.75, 3.05) is 26.4 Å². The summed E-state index contributed by atoms with van der Waals surface area (Å²) in [7, 11) is 0. The minimum atomic E-state index is 0.694. The van der Waals surface area contributed by atoms with Gasteiger partial charge in [-0.1, -0.05) is 6.92 Å². The molecule has 1 aliphatic heterocycles. The first kappa shape index (κ1) is 10.4. The third kappa shape index (κ3) is 9.41. The summed E-state index contributed by atoms with van der Waals surface area (Å²) < 4.78 is 9.89. The zero-order valence-corrected chi connectivity index (χ0v) is 7.01. The second-order valence-electron chi connectivity index (χ2n) is 2.13. The van der Waals surface area contributed by atoms with Crippen LogP contribution in [0.4, 0.5) is 0 Å². The third-order valence-electron chi connectivity index (χ3n) is 1.11. The van der Waals surface area contributed by atoms with E-state index in [-0.39, 0.29) is 0 Å². The normalized spacial score (nSPS) is 16.0. The van der Waals surface area contributed by atoms with Crippen LogP contribution in [-0.2, 0) is 9.47 Å². The van der Waals surface area contributed by atoms with Crippen LogP contribution in [0.25, 0.3) is 0 Å². The summed E-state index contributed by atoms with van der Waals surface area (Å²) in [5.74, 6) is 0. The van der Waals surface area contributed by atoms with Crippen LogP contribution in [0.1, 0.15) is 19.8 Å². The maximum atomic E-state index is 7.82. The van der Waals surface area contributed by atoms with E-state index in [1.54, 1.807) is 0 Å². The molecule has 0 bridgehead atoms.